The second-order valence-electron chi connectivity index (χ2n) is 2.64. The summed E-state index contributed by atoms with van der Waals surface area (Å²) in [6, 6.07) is 0. The van der Waals surface area contributed by atoms with Gasteiger partial charge in [0.2, 0.25) is 0 Å². The minimum absolute atomic E-state index is 1.05. The lowest BCUT2D eigenvalue weighted by molar-refractivity contribution is 1.42. The van der Waals surface area contributed by atoms with Crippen LogP contribution in [0.5, 0.6) is 0 Å². The van der Waals surface area contributed by atoms with Crippen molar-refractivity contribution in [3.05, 3.63) is 36.0 Å². The van der Waals surface area contributed by atoms with Gasteiger partial charge in [0.25, 0.3) is 0 Å². The van der Waals surface area contributed by atoms with Crippen LogP contribution < -0.4 is 0 Å². The van der Waals surface area contributed by atoms with Gasteiger partial charge >= 0.3 is 0 Å². The van der Waals surface area contributed by atoms with Crippen molar-refractivity contribution in [3.8, 4) is 0 Å². The van der Waals surface area contributed by atoms with Crippen LogP contribution in [0.1, 0.15) is 20.8 Å². The molecule has 0 fully saturated rings. The lowest BCUT2D eigenvalue weighted by Gasteiger charge is -1.90. The normalized spacial score (nSPS) is 15.0. The maximum absolute atomic E-state index is 4.05. The summed E-state index contributed by atoms with van der Waals surface area (Å²) in [5, 5.41) is 0. The second kappa shape index (κ2) is 6.59. The van der Waals surface area contributed by atoms with Crippen LogP contribution in [0.4, 0.5) is 0 Å². The van der Waals surface area contributed by atoms with Gasteiger partial charge in [-0.2, -0.15) is 0 Å². The van der Waals surface area contributed by atoms with Gasteiger partial charge in [-0.05, 0) is 32.4 Å². The summed E-state index contributed by atoms with van der Waals surface area (Å²) in [7, 11) is 1.80. The summed E-state index contributed by atoms with van der Waals surface area (Å²) in [4.78, 5) is 4.05. The first-order chi connectivity index (χ1) is 5.70. The van der Waals surface area contributed by atoms with E-state index in [9.17, 15) is 0 Å². The molecule has 0 N–H and O–H groups in total. The third-order valence-electron chi connectivity index (χ3n) is 1.45. The molecule has 66 valence electrons. The maximum atomic E-state index is 4.05. The molecule has 0 rings (SSSR count). The van der Waals surface area contributed by atoms with Crippen molar-refractivity contribution >= 4 is 5.71 Å². The Morgan fingerprint density at radius 2 is 1.83 bits per heavy atom. The minimum Gasteiger partial charge on any atom is -0.293 e. The van der Waals surface area contributed by atoms with Crippen LogP contribution in [0.25, 0.3) is 0 Å². The standard InChI is InChI=1S/C11H17N/c1-5-6-7-8-10(2)9-11(3)12-4/h5-9H,1-4H3. The van der Waals surface area contributed by atoms with Crippen molar-refractivity contribution in [2.24, 2.45) is 4.99 Å². The van der Waals surface area contributed by atoms with Crippen LogP contribution in [0.3, 0.4) is 0 Å². The Balaban J connectivity index is 4.20. The van der Waals surface area contributed by atoms with Gasteiger partial charge in [-0.25, -0.2) is 0 Å². The Morgan fingerprint density at radius 3 is 2.33 bits per heavy atom. The van der Waals surface area contributed by atoms with E-state index in [2.05, 4.69) is 24.1 Å². The number of rotatable bonds is 3. The zero-order valence-electron chi connectivity index (χ0n) is 8.33. The number of hydrogen-bond acceptors (Lipinski definition) is 1. The predicted molar refractivity (Wildman–Crippen MR) is 56.7 cm³/mol. The highest BCUT2D eigenvalue weighted by molar-refractivity contribution is 5.93. The van der Waals surface area contributed by atoms with Crippen LogP contribution in [0, 0.1) is 0 Å². The molecular formula is C11H17N. The van der Waals surface area contributed by atoms with Crippen LogP contribution in [0.2, 0.25) is 0 Å². The Labute approximate surface area is 75.2 Å². The molecule has 0 amide bonds. The van der Waals surface area contributed by atoms with Crippen molar-refractivity contribution in [1.29, 1.82) is 0 Å². The van der Waals surface area contributed by atoms with E-state index in [1.807, 2.05) is 32.1 Å². The molecule has 0 aliphatic rings. The molecule has 0 atom stereocenters. The molecule has 0 aliphatic carbocycles. The lowest BCUT2D eigenvalue weighted by Crippen LogP contribution is -1.84. The summed E-state index contributed by atoms with van der Waals surface area (Å²) in [6.45, 7) is 6.06. The fourth-order valence-electron chi connectivity index (χ4n) is 0.761. The number of aliphatic imine (C=N–C) groups is 1. The first kappa shape index (κ1) is 10.9. The quantitative estimate of drug-likeness (QED) is 0.447. The zero-order valence-corrected chi connectivity index (χ0v) is 8.33. The van der Waals surface area contributed by atoms with E-state index in [1.54, 1.807) is 7.05 Å². The Kier molecular flexibility index (Phi) is 5.98. The van der Waals surface area contributed by atoms with Crippen LogP contribution in [-0.4, -0.2) is 12.8 Å². The Hall–Kier alpha value is -1.11. The molecule has 0 heterocycles. The molecule has 0 saturated heterocycles. The molecule has 0 bridgehead atoms. The Morgan fingerprint density at radius 1 is 1.17 bits per heavy atom. The highest BCUT2D eigenvalue weighted by atomic mass is 14.7. The average Bonchev–Trinajstić information content (AvgIpc) is 2.05. The monoisotopic (exact) mass is 163 g/mol. The van der Waals surface area contributed by atoms with Crippen molar-refractivity contribution in [1.82, 2.24) is 0 Å². The topological polar surface area (TPSA) is 12.4 Å². The summed E-state index contributed by atoms with van der Waals surface area (Å²) >= 11 is 0. The average molecular weight is 163 g/mol. The zero-order chi connectivity index (χ0) is 9.40. The molecule has 0 radical (unpaired) electrons. The summed E-state index contributed by atoms with van der Waals surface area (Å²) in [5.74, 6) is 0. The number of hydrogen-bond donors (Lipinski definition) is 0. The minimum atomic E-state index is 1.05. The molecule has 0 aromatic rings. The van der Waals surface area contributed by atoms with Gasteiger partial charge in [0.15, 0.2) is 0 Å². The Bertz CT molecular complexity index is 229. The van der Waals surface area contributed by atoms with Gasteiger partial charge in [-0.15, -0.1) is 0 Å². The van der Waals surface area contributed by atoms with Gasteiger partial charge < -0.3 is 0 Å². The van der Waals surface area contributed by atoms with Gasteiger partial charge in [-0.3, -0.25) is 4.99 Å². The van der Waals surface area contributed by atoms with E-state index >= 15 is 0 Å². The van der Waals surface area contributed by atoms with E-state index in [0.29, 0.717) is 0 Å². The molecule has 0 aromatic heterocycles. The third-order valence-corrected chi connectivity index (χ3v) is 1.45. The van der Waals surface area contributed by atoms with Crippen LogP contribution in [0.15, 0.2) is 40.9 Å². The number of nitrogens with zero attached hydrogens (tertiary/aromatic N) is 1. The van der Waals surface area contributed by atoms with Crippen molar-refractivity contribution in [2.45, 2.75) is 20.8 Å². The number of allylic oxidation sites excluding steroid dienone is 6. The fraction of sp³-hybridized carbons (Fsp3) is 0.364. The summed E-state index contributed by atoms with van der Waals surface area (Å²) in [5.41, 5.74) is 2.27. The van der Waals surface area contributed by atoms with Crippen molar-refractivity contribution in [3.63, 3.8) is 0 Å². The molecule has 0 unspecified atom stereocenters. The molecule has 0 saturated carbocycles. The van der Waals surface area contributed by atoms with Gasteiger partial charge in [0.1, 0.15) is 0 Å². The summed E-state index contributed by atoms with van der Waals surface area (Å²) in [6.07, 6.45) is 10.2. The second-order valence-corrected chi connectivity index (χ2v) is 2.64. The first-order valence-electron chi connectivity index (χ1n) is 4.11. The van der Waals surface area contributed by atoms with Crippen molar-refractivity contribution < 1.29 is 0 Å². The fourth-order valence-corrected chi connectivity index (χ4v) is 0.761. The van der Waals surface area contributed by atoms with E-state index in [0.717, 1.165) is 5.71 Å². The van der Waals surface area contributed by atoms with E-state index in [-0.39, 0.29) is 0 Å². The van der Waals surface area contributed by atoms with Crippen molar-refractivity contribution in [2.75, 3.05) is 7.05 Å². The van der Waals surface area contributed by atoms with Crippen LogP contribution >= 0.6 is 0 Å². The molecule has 0 aliphatic heterocycles. The molecular weight excluding hydrogens is 146 g/mol. The molecule has 0 aromatic carbocycles. The highest BCUT2D eigenvalue weighted by Gasteiger charge is 1.82. The molecule has 1 heteroatoms. The molecule has 12 heavy (non-hydrogen) atoms. The van der Waals surface area contributed by atoms with E-state index in [4.69, 9.17) is 0 Å². The largest absolute Gasteiger partial charge is 0.293 e. The highest BCUT2D eigenvalue weighted by Crippen LogP contribution is 1.96. The van der Waals surface area contributed by atoms with Crippen LogP contribution in [-0.2, 0) is 0 Å². The van der Waals surface area contributed by atoms with Gasteiger partial charge in [0, 0.05) is 12.8 Å². The van der Waals surface area contributed by atoms with E-state index < -0.39 is 0 Å². The maximum Gasteiger partial charge on any atom is 0.0316 e. The predicted octanol–water partition coefficient (Wildman–Crippen LogP) is 3.16. The first-order valence-corrected chi connectivity index (χ1v) is 4.11. The third kappa shape index (κ3) is 5.66. The molecule has 0 spiro atoms. The smallest absolute Gasteiger partial charge is 0.0316 e. The lowest BCUT2D eigenvalue weighted by atomic mass is 10.2. The molecule has 1 nitrogen and oxygen atoms in total. The van der Waals surface area contributed by atoms with E-state index in [1.165, 1.54) is 5.57 Å². The summed E-state index contributed by atoms with van der Waals surface area (Å²) < 4.78 is 0. The SMILES string of the molecule is CC=CC=CC(C)=CC(C)=NC. The van der Waals surface area contributed by atoms with Gasteiger partial charge in [0.05, 0.1) is 0 Å². The van der Waals surface area contributed by atoms with Gasteiger partial charge in [-0.1, -0.05) is 24.3 Å².